The molecule has 8 heteroatoms. The standard InChI is InChI=1S/C16H18ClN3O4/c1-22-6-7-23-12-3-4-14(13(18)8-12)24-10-16(21)20-15-5-2-11(17)9-19-15/h2-5,8-9H,6-7,10,18H2,1H3,(H,19,20,21). The van der Waals surface area contributed by atoms with Gasteiger partial charge < -0.3 is 25.3 Å². The minimum absolute atomic E-state index is 0.196. The topological polar surface area (TPSA) is 95.7 Å². The molecule has 0 aliphatic rings. The Morgan fingerprint density at radius 3 is 2.75 bits per heavy atom. The Hall–Kier alpha value is -2.51. The highest BCUT2D eigenvalue weighted by Crippen LogP contribution is 2.26. The second-order valence-electron chi connectivity index (χ2n) is 4.74. The molecule has 0 aliphatic heterocycles. The SMILES string of the molecule is COCCOc1ccc(OCC(=O)Nc2ccc(Cl)cn2)c(N)c1. The average molecular weight is 352 g/mol. The third-order valence-corrected chi connectivity index (χ3v) is 3.11. The molecule has 0 bridgehead atoms. The Kier molecular flexibility index (Phi) is 6.65. The van der Waals surface area contributed by atoms with Crippen molar-refractivity contribution in [1.82, 2.24) is 4.98 Å². The molecular weight excluding hydrogens is 334 g/mol. The van der Waals surface area contributed by atoms with E-state index in [1.54, 1.807) is 37.4 Å². The lowest BCUT2D eigenvalue weighted by atomic mass is 10.3. The van der Waals surface area contributed by atoms with Crippen LogP contribution in [-0.4, -0.2) is 37.8 Å². The Morgan fingerprint density at radius 2 is 2.08 bits per heavy atom. The number of amides is 1. The third-order valence-electron chi connectivity index (χ3n) is 2.89. The van der Waals surface area contributed by atoms with Crippen molar-refractivity contribution in [3.63, 3.8) is 0 Å². The summed E-state index contributed by atoms with van der Waals surface area (Å²) in [6.07, 6.45) is 1.44. The second kappa shape index (κ2) is 8.95. The van der Waals surface area contributed by atoms with Gasteiger partial charge in [-0.05, 0) is 24.3 Å². The molecule has 3 N–H and O–H groups in total. The van der Waals surface area contributed by atoms with Gasteiger partial charge >= 0.3 is 0 Å². The number of nitrogen functional groups attached to an aromatic ring is 1. The Bertz CT molecular complexity index is 680. The number of carbonyl (C=O) groups excluding carboxylic acids is 1. The van der Waals surface area contributed by atoms with Crippen molar-refractivity contribution in [2.24, 2.45) is 0 Å². The molecule has 1 aromatic carbocycles. The van der Waals surface area contributed by atoms with Crippen molar-refractivity contribution in [2.45, 2.75) is 0 Å². The molecule has 0 radical (unpaired) electrons. The van der Waals surface area contributed by atoms with Gasteiger partial charge in [-0.15, -0.1) is 0 Å². The van der Waals surface area contributed by atoms with Crippen LogP contribution in [-0.2, 0) is 9.53 Å². The number of nitrogens with zero attached hydrogens (tertiary/aromatic N) is 1. The van der Waals surface area contributed by atoms with Crippen molar-refractivity contribution in [2.75, 3.05) is 38.0 Å². The van der Waals surface area contributed by atoms with E-state index in [0.29, 0.717) is 41.2 Å². The molecule has 0 spiro atoms. The summed E-state index contributed by atoms with van der Waals surface area (Å²) in [5.41, 5.74) is 6.26. The fraction of sp³-hybridized carbons (Fsp3) is 0.250. The van der Waals surface area contributed by atoms with Crippen LogP contribution in [0.1, 0.15) is 0 Å². The highest BCUT2D eigenvalue weighted by molar-refractivity contribution is 6.30. The van der Waals surface area contributed by atoms with Gasteiger partial charge in [-0.25, -0.2) is 4.98 Å². The molecule has 0 saturated heterocycles. The number of pyridine rings is 1. The molecule has 1 aromatic heterocycles. The van der Waals surface area contributed by atoms with E-state index in [2.05, 4.69) is 10.3 Å². The number of ether oxygens (including phenoxy) is 3. The number of aromatic nitrogens is 1. The van der Waals surface area contributed by atoms with Crippen molar-refractivity contribution < 1.29 is 19.0 Å². The van der Waals surface area contributed by atoms with Gasteiger partial charge in [0, 0.05) is 19.4 Å². The zero-order chi connectivity index (χ0) is 17.4. The summed E-state index contributed by atoms with van der Waals surface area (Å²) in [7, 11) is 1.60. The zero-order valence-corrected chi connectivity index (χ0v) is 13.9. The molecule has 2 aromatic rings. The molecule has 1 heterocycles. The molecule has 0 atom stereocenters. The maximum Gasteiger partial charge on any atom is 0.263 e. The van der Waals surface area contributed by atoms with Crippen LogP contribution in [0.25, 0.3) is 0 Å². The lowest BCUT2D eigenvalue weighted by Gasteiger charge is -2.11. The lowest BCUT2D eigenvalue weighted by molar-refractivity contribution is -0.118. The van der Waals surface area contributed by atoms with E-state index < -0.39 is 0 Å². The fourth-order valence-electron chi connectivity index (χ4n) is 1.76. The molecule has 0 saturated carbocycles. The zero-order valence-electron chi connectivity index (χ0n) is 13.1. The highest BCUT2D eigenvalue weighted by Gasteiger charge is 2.08. The summed E-state index contributed by atoms with van der Waals surface area (Å²) >= 11 is 5.73. The first-order valence-electron chi connectivity index (χ1n) is 7.14. The van der Waals surface area contributed by atoms with Crippen molar-refractivity contribution in [1.29, 1.82) is 0 Å². The van der Waals surface area contributed by atoms with E-state index in [0.717, 1.165) is 0 Å². The van der Waals surface area contributed by atoms with Crippen LogP contribution < -0.4 is 20.5 Å². The molecule has 0 aliphatic carbocycles. The number of hydrogen-bond acceptors (Lipinski definition) is 6. The number of rotatable bonds is 8. The smallest absolute Gasteiger partial charge is 0.263 e. The van der Waals surface area contributed by atoms with E-state index in [4.69, 9.17) is 31.5 Å². The summed E-state index contributed by atoms with van der Waals surface area (Å²) in [5, 5.41) is 3.08. The number of benzene rings is 1. The number of anilines is 2. The molecule has 0 unspecified atom stereocenters. The minimum atomic E-state index is -0.357. The molecular formula is C16H18ClN3O4. The summed E-state index contributed by atoms with van der Waals surface area (Å²) in [5.74, 6) is 1.03. The summed E-state index contributed by atoms with van der Waals surface area (Å²) < 4.78 is 15.7. The molecule has 7 nitrogen and oxygen atoms in total. The van der Waals surface area contributed by atoms with E-state index >= 15 is 0 Å². The van der Waals surface area contributed by atoms with E-state index in [9.17, 15) is 4.79 Å². The van der Waals surface area contributed by atoms with Crippen molar-refractivity contribution in [3.05, 3.63) is 41.6 Å². The summed E-state index contributed by atoms with van der Waals surface area (Å²) in [6, 6.07) is 8.21. The molecule has 1 amide bonds. The first-order chi connectivity index (χ1) is 11.6. The number of methoxy groups -OCH3 is 1. The Morgan fingerprint density at radius 1 is 1.25 bits per heavy atom. The van der Waals surface area contributed by atoms with Crippen molar-refractivity contribution >= 4 is 29.0 Å². The van der Waals surface area contributed by atoms with Crippen LogP contribution in [0.2, 0.25) is 5.02 Å². The van der Waals surface area contributed by atoms with Gasteiger partial charge in [-0.3, -0.25) is 4.79 Å². The van der Waals surface area contributed by atoms with Crippen LogP contribution in [0.3, 0.4) is 0 Å². The first kappa shape index (κ1) is 17.8. The summed E-state index contributed by atoms with van der Waals surface area (Å²) in [4.78, 5) is 15.8. The predicted octanol–water partition coefficient (Wildman–Crippen LogP) is 2.36. The number of halogens is 1. The van der Waals surface area contributed by atoms with Gasteiger partial charge in [0.05, 0.1) is 17.3 Å². The second-order valence-corrected chi connectivity index (χ2v) is 5.18. The van der Waals surface area contributed by atoms with Crippen LogP contribution >= 0.6 is 11.6 Å². The van der Waals surface area contributed by atoms with Crippen LogP contribution in [0, 0.1) is 0 Å². The predicted molar refractivity (Wildman–Crippen MR) is 91.6 cm³/mol. The van der Waals surface area contributed by atoms with Gasteiger partial charge in [0.25, 0.3) is 5.91 Å². The van der Waals surface area contributed by atoms with Crippen LogP contribution in [0.15, 0.2) is 36.5 Å². The Balaban J connectivity index is 1.84. The van der Waals surface area contributed by atoms with Gasteiger partial charge in [-0.1, -0.05) is 11.6 Å². The molecule has 128 valence electrons. The maximum absolute atomic E-state index is 11.8. The fourth-order valence-corrected chi connectivity index (χ4v) is 1.87. The van der Waals surface area contributed by atoms with Gasteiger partial charge in [0.1, 0.15) is 23.9 Å². The minimum Gasteiger partial charge on any atom is -0.491 e. The van der Waals surface area contributed by atoms with Crippen molar-refractivity contribution in [3.8, 4) is 11.5 Å². The molecule has 24 heavy (non-hydrogen) atoms. The number of nitrogens with one attached hydrogen (secondary N) is 1. The number of hydrogen-bond donors (Lipinski definition) is 2. The Labute approximate surface area is 144 Å². The average Bonchev–Trinajstić information content (AvgIpc) is 2.56. The normalized spacial score (nSPS) is 10.2. The quantitative estimate of drug-likeness (QED) is 0.560. The lowest BCUT2D eigenvalue weighted by Crippen LogP contribution is -2.21. The highest BCUT2D eigenvalue weighted by atomic mass is 35.5. The van der Waals surface area contributed by atoms with Gasteiger partial charge in [0.2, 0.25) is 0 Å². The molecule has 2 rings (SSSR count). The molecule has 0 fully saturated rings. The van der Waals surface area contributed by atoms with E-state index in [1.165, 1.54) is 6.20 Å². The van der Waals surface area contributed by atoms with E-state index in [-0.39, 0.29) is 12.5 Å². The van der Waals surface area contributed by atoms with Crippen LogP contribution in [0.5, 0.6) is 11.5 Å². The third kappa shape index (κ3) is 5.60. The van der Waals surface area contributed by atoms with Crippen LogP contribution in [0.4, 0.5) is 11.5 Å². The van der Waals surface area contributed by atoms with Gasteiger partial charge in [-0.2, -0.15) is 0 Å². The maximum atomic E-state index is 11.8. The number of carbonyl (C=O) groups is 1. The van der Waals surface area contributed by atoms with Gasteiger partial charge in [0.15, 0.2) is 6.61 Å². The first-order valence-corrected chi connectivity index (χ1v) is 7.52. The summed E-state index contributed by atoms with van der Waals surface area (Å²) in [6.45, 7) is 0.710. The largest absolute Gasteiger partial charge is 0.491 e. The van der Waals surface area contributed by atoms with E-state index in [1.807, 2.05) is 0 Å². The number of nitrogens with two attached hydrogens (primary N) is 1. The monoisotopic (exact) mass is 351 g/mol.